The molecule has 1 heterocycles. The molecule has 1 saturated carbocycles. The predicted octanol–water partition coefficient (Wildman–Crippen LogP) is 3.91. The van der Waals surface area contributed by atoms with Gasteiger partial charge in [0.2, 0.25) is 5.91 Å². The molecule has 2 fully saturated rings. The van der Waals surface area contributed by atoms with Crippen LogP contribution in [-0.2, 0) is 14.9 Å². The summed E-state index contributed by atoms with van der Waals surface area (Å²) >= 11 is 0. The number of hydrogen-bond donors (Lipinski definition) is 2. The normalized spacial score (nSPS) is 17.6. The maximum Gasteiger partial charge on any atom is 0.251 e. The topological polar surface area (TPSA) is 76.7 Å². The van der Waals surface area contributed by atoms with Crippen LogP contribution >= 0.6 is 0 Å². The molecule has 164 valence electrons. The van der Waals surface area contributed by atoms with E-state index in [0.29, 0.717) is 31.9 Å². The van der Waals surface area contributed by atoms with Crippen LogP contribution in [0.3, 0.4) is 0 Å². The highest BCUT2D eigenvalue weighted by Crippen LogP contribution is 2.35. The molecule has 31 heavy (non-hydrogen) atoms. The third-order valence-electron chi connectivity index (χ3n) is 6.18. The monoisotopic (exact) mass is 422 g/mol. The van der Waals surface area contributed by atoms with Crippen LogP contribution < -0.4 is 15.4 Å². The van der Waals surface area contributed by atoms with E-state index in [4.69, 9.17) is 9.47 Å². The molecule has 6 nitrogen and oxygen atoms in total. The smallest absolute Gasteiger partial charge is 0.251 e. The second-order valence-electron chi connectivity index (χ2n) is 8.37. The fourth-order valence-electron chi connectivity index (χ4n) is 4.05. The quantitative estimate of drug-likeness (QED) is 0.676. The number of ether oxygens (including phenoxy) is 2. The van der Waals surface area contributed by atoms with Crippen LogP contribution in [0.15, 0.2) is 48.5 Å². The Morgan fingerprint density at radius 3 is 2.32 bits per heavy atom. The Labute approximate surface area is 183 Å². The zero-order chi connectivity index (χ0) is 21.7. The molecular formula is C25H30N2O4. The second kappa shape index (κ2) is 9.52. The third-order valence-corrected chi connectivity index (χ3v) is 6.18. The van der Waals surface area contributed by atoms with Gasteiger partial charge in [-0.05, 0) is 74.6 Å². The lowest BCUT2D eigenvalue weighted by Gasteiger charge is -2.38. The first-order chi connectivity index (χ1) is 15.1. The van der Waals surface area contributed by atoms with Crippen molar-refractivity contribution in [2.24, 2.45) is 5.92 Å². The van der Waals surface area contributed by atoms with E-state index in [1.807, 2.05) is 19.1 Å². The van der Waals surface area contributed by atoms with Gasteiger partial charge in [0.05, 0.1) is 6.61 Å². The van der Waals surface area contributed by atoms with Crippen molar-refractivity contribution in [2.75, 3.05) is 31.7 Å². The minimum Gasteiger partial charge on any atom is -0.494 e. The van der Waals surface area contributed by atoms with E-state index < -0.39 is 0 Å². The summed E-state index contributed by atoms with van der Waals surface area (Å²) in [5, 5.41) is 6.02. The average Bonchev–Trinajstić information content (AvgIpc) is 3.65. The number of nitrogens with one attached hydrogen (secondary N) is 2. The molecule has 2 aromatic carbocycles. The SMILES string of the molecule is CCOc1ccc(C2(CNC(=O)c3ccc(NC(=O)C4CC4)cc3)CCOCC2)cc1. The first-order valence-corrected chi connectivity index (χ1v) is 11.1. The van der Waals surface area contributed by atoms with Gasteiger partial charge < -0.3 is 20.1 Å². The molecule has 1 aliphatic carbocycles. The Hall–Kier alpha value is -2.86. The first kappa shape index (κ1) is 21.4. The fourth-order valence-corrected chi connectivity index (χ4v) is 4.05. The largest absolute Gasteiger partial charge is 0.494 e. The zero-order valence-corrected chi connectivity index (χ0v) is 18.0. The highest BCUT2D eigenvalue weighted by Gasteiger charge is 2.35. The molecule has 2 amide bonds. The fraction of sp³-hybridized carbons (Fsp3) is 0.440. The molecule has 0 aromatic heterocycles. The number of carbonyl (C=O) groups is 2. The van der Waals surface area contributed by atoms with Gasteiger partial charge in [0.15, 0.2) is 0 Å². The van der Waals surface area contributed by atoms with E-state index >= 15 is 0 Å². The second-order valence-corrected chi connectivity index (χ2v) is 8.37. The Bertz CT molecular complexity index is 898. The molecule has 0 unspecified atom stereocenters. The van der Waals surface area contributed by atoms with Crippen LogP contribution in [0.1, 0.15) is 48.5 Å². The van der Waals surface area contributed by atoms with Crippen molar-refractivity contribution in [1.29, 1.82) is 0 Å². The summed E-state index contributed by atoms with van der Waals surface area (Å²) in [5.41, 5.74) is 2.34. The van der Waals surface area contributed by atoms with Crippen molar-refractivity contribution in [3.63, 3.8) is 0 Å². The van der Waals surface area contributed by atoms with E-state index in [2.05, 4.69) is 22.8 Å². The summed E-state index contributed by atoms with van der Waals surface area (Å²) in [6, 6.07) is 15.3. The van der Waals surface area contributed by atoms with Crippen molar-refractivity contribution < 1.29 is 19.1 Å². The van der Waals surface area contributed by atoms with Gasteiger partial charge in [-0.1, -0.05) is 12.1 Å². The molecule has 0 atom stereocenters. The van der Waals surface area contributed by atoms with Crippen LogP contribution in [0.25, 0.3) is 0 Å². The van der Waals surface area contributed by atoms with Crippen molar-refractivity contribution in [1.82, 2.24) is 5.32 Å². The molecule has 4 rings (SSSR count). The van der Waals surface area contributed by atoms with Gasteiger partial charge >= 0.3 is 0 Å². The standard InChI is InChI=1S/C25H30N2O4/c1-2-31-22-11-7-20(8-12-22)25(13-15-30-16-14-25)17-26-23(28)18-5-9-21(10-6-18)27-24(29)19-3-4-19/h5-12,19H,2-4,13-17H2,1H3,(H,26,28)(H,27,29). The molecule has 2 aromatic rings. The van der Waals surface area contributed by atoms with Gasteiger partial charge in [-0.2, -0.15) is 0 Å². The number of carbonyl (C=O) groups excluding carboxylic acids is 2. The van der Waals surface area contributed by atoms with Crippen LogP contribution in [0.5, 0.6) is 5.75 Å². The van der Waals surface area contributed by atoms with Gasteiger partial charge in [0.1, 0.15) is 5.75 Å². The Kier molecular flexibility index (Phi) is 6.56. The van der Waals surface area contributed by atoms with Gasteiger partial charge in [-0.3, -0.25) is 9.59 Å². The third kappa shape index (κ3) is 5.25. The molecular weight excluding hydrogens is 392 g/mol. The van der Waals surface area contributed by atoms with Crippen LogP contribution in [0.4, 0.5) is 5.69 Å². The van der Waals surface area contributed by atoms with Gasteiger partial charge in [-0.15, -0.1) is 0 Å². The number of anilines is 1. The first-order valence-electron chi connectivity index (χ1n) is 11.1. The summed E-state index contributed by atoms with van der Waals surface area (Å²) < 4.78 is 11.2. The number of rotatable bonds is 8. The number of benzene rings is 2. The summed E-state index contributed by atoms with van der Waals surface area (Å²) in [5.74, 6) is 0.957. The van der Waals surface area contributed by atoms with Crippen molar-refractivity contribution in [3.8, 4) is 5.75 Å². The highest BCUT2D eigenvalue weighted by atomic mass is 16.5. The van der Waals surface area contributed by atoms with Gasteiger partial charge in [0, 0.05) is 42.3 Å². The minimum atomic E-state index is -0.156. The van der Waals surface area contributed by atoms with Crippen LogP contribution in [0, 0.1) is 5.92 Å². The molecule has 2 aliphatic rings. The van der Waals surface area contributed by atoms with Gasteiger partial charge in [-0.25, -0.2) is 0 Å². The minimum absolute atomic E-state index is 0.0639. The lowest BCUT2D eigenvalue weighted by atomic mass is 9.74. The van der Waals surface area contributed by atoms with E-state index in [0.717, 1.165) is 37.1 Å². The lowest BCUT2D eigenvalue weighted by Crippen LogP contribution is -2.44. The van der Waals surface area contributed by atoms with Crippen LogP contribution in [0.2, 0.25) is 0 Å². The maximum absolute atomic E-state index is 12.8. The van der Waals surface area contributed by atoms with Crippen molar-refractivity contribution in [2.45, 2.75) is 38.0 Å². The van der Waals surface area contributed by atoms with E-state index in [1.54, 1.807) is 24.3 Å². The molecule has 1 saturated heterocycles. The molecule has 0 spiro atoms. The number of amides is 2. The highest BCUT2D eigenvalue weighted by molar-refractivity contribution is 5.96. The lowest BCUT2D eigenvalue weighted by molar-refractivity contribution is -0.117. The van der Waals surface area contributed by atoms with Gasteiger partial charge in [0.25, 0.3) is 5.91 Å². The van der Waals surface area contributed by atoms with E-state index in [1.165, 1.54) is 5.56 Å². The summed E-state index contributed by atoms with van der Waals surface area (Å²) in [4.78, 5) is 24.7. The average molecular weight is 423 g/mol. The summed E-state index contributed by atoms with van der Waals surface area (Å²) in [6.45, 7) is 4.51. The number of hydrogen-bond acceptors (Lipinski definition) is 4. The van der Waals surface area contributed by atoms with E-state index in [-0.39, 0.29) is 23.1 Å². The van der Waals surface area contributed by atoms with E-state index in [9.17, 15) is 9.59 Å². The van der Waals surface area contributed by atoms with Crippen LogP contribution in [-0.4, -0.2) is 38.2 Å². The maximum atomic E-state index is 12.8. The summed E-state index contributed by atoms with van der Waals surface area (Å²) in [6.07, 6.45) is 3.64. The Morgan fingerprint density at radius 2 is 1.71 bits per heavy atom. The van der Waals surface area contributed by atoms with Crippen molar-refractivity contribution >= 4 is 17.5 Å². The Morgan fingerprint density at radius 1 is 1.03 bits per heavy atom. The predicted molar refractivity (Wildman–Crippen MR) is 119 cm³/mol. The molecule has 6 heteroatoms. The van der Waals surface area contributed by atoms with Crippen molar-refractivity contribution in [3.05, 3.63) is 59.7 Å². The molecule has 1 aliphatic heterocycles. The molecule has 2 N–H and O–H groups in total. The Balaban J connectivity index is 1.40. The molecule has 0 radical (unpaired) electrons. The zero-order valence-electron chi connectivity index (χ0n) is 18.0. The summed E-state index contributed by atoms with van der Waals surface area (Å²) in [7, 11) is 0. The molecule has 0 bridgehead atoms.